The second kappa shape index (κ2) is 28.7. The number of para-hydroxylation sites is 2. The van der Waals surface area contributed by atoms with Crippen LogP contribution in [0.25, 0.3) is 21.8 Å². The molecule has 622 valence electrons. The van der Waals surface area contributed by atoms with E-state index in [1.807, 2.05) is 87.3 Å². The fourth-order valence-corrected chi connectivity index (χ4v) is 26.2. The van der Waals surface area contributed by atoms with Gasteiger partial charge >= 0.3 is 35.8 Å². The molecule has 12 aliphatic rings. The van der Waals surface area contributed by atoms with Crippen LogP contribution in [0.1, 0.15) is 144 Å². The molecule has 18 rings (SSSR count). The highest BCUT2D eigenvalue weighted by atomic mass is 16.6. The molecule has 6 aromatic rings. The summed E-state index contributed by atoms with van der Waals surface area (Å²) in [6, 6.07) is 21.1. The lowest BCUT2D eigenvalue weighted by Crippen LogP contribution is -2.81. The maximum Gasteiger partial charge on any atom is 0.344 e. The van der Waals surface area contributed by atoms with Crippen molar-refractivity contribution in [1.82, 2.24) is 29.6 Å². The number of aromatic nitrogens is 2. The van der Waals surface area contributed by atoms with Crippen molar-refractivity contribution in [2.45, 2.75) is 187 Å². The Labute approximate surface area is 681 Å². The standard InChI is InChI=1S/C46H56N4O10.C45H54N4O8/c1-7-42(55)22-28-23-45(40(53)58-5,36-30(14-18-48(24-28)25-42)29-12-9-10-13-33(29)47-36)32-20-31-34(21-35(32)57-4)50(26-51)38-44(31)16-19-49-17-11-15-43(8-2,37(44)49)39(60-27(3)52)46(38,56)41(54)59-6;1-8-27-19-28-22-44(40(51)55-6,36-30(25-48(23-27)24-28)29-13-10-11-14-33(29)46-36)32-20-31-34(21-35(32)54-5)47(4)38-43(31)16-18-49-17-12-15-42(9-2,37(43)49)39(57-26(3)50)45(38,53)41(52)56-7/h9-13,15,20-21,26,28,37-39,47,55-56H,7-8,14,16-19,22-25H2,1-6H3;10-15,19-21,28,37-39,46,53H,8-9,16-18,22-25H2,1-7H3/t28-,37+,38-,39-,42+,43-,44-,45+,46+;28-,37-,38+,39+,42+,43+,44-,45-/m10/s1. The van der Waals surface area contributed by atoms with E-state index in [9.17, 15) is 39.3 Å². The minimum absolute atomic E-state index is 0.0284. The molecule has 12 heterocycles. The quantitative estimate of drug-likeness (QED) is 0.0279. The number of anilines is 2. The first kappa shape index (κ1) is 80.0. The van der Waals surface area contributed by atoms with Crippen LogP contribution in [-0.4, -0.2) is 249 Å². The molecule has 5 N–H and O–H groups in total. The van der Waals surface area contributed by atoms with Gasteiger partial charge in [-0.3, -0.25) is 43.6 Å². The first-order chi connectivity index (χ1) is 56.1. The number of aliphatic hydroxyl groups is 3. The third kappa shape index (κ3) is 10.8. The van der Waals surface area contributed by atoms with Crippen LogP contribution in [0.3, 0.4) is 0 Å². The molecule has 0 radical (unpaired) electrons. The molecule has 5 fully saturated rings. The van der Waals surface area contributed by atoms with Crippen LogP contribution in [0.4, 0.5) is 11.4 Å². The van der Waals surface area contributed by atoms with E-state index in [0.29, 0.717) is 150 Å². The molecule has 2 saturated carbocycles. The van der Waals surface area contributed by atoms with E-state index in [-0.39, 0.29) is 30.3 Å². The molecule has 10 aliphatic heterocycles. The Bertz CT molecular complexity index is 5190. The fraction of sp³-hybridized carbons (Fsp3) is 0.549. The lowest BCUT2D eigenvalue weighted by Gasteiger charge is -2.63. The number of aromatic amines is 2. The molecule has 3 saturated heterocycles. The van der Waals surface area contributed by atoms with Crippen molar-refractivity contribution in [1.29, 1.82) is 0 Å². The number of hydrogen-bond acceptors (Lipinski definition) is 23. The number of esters is 6. The second-order valence-corrected chi connectivity index (χ2v) is 35.3. The molecule has 26 nitrogen and oxygen atoms in total. The highest BCUT2D eigenvalue weighted by molar-refractivity contribution is 5.98. The summed E-state index contributed by atoms with van der Waals surface area (Å²) in [7, 11) is 10.3. The summed E-state index contributed by atoms with van der Waals surface area (Å²) in [6.45, 7) is 17.4. The largest absolute Gasteiger partial charge is 0.496 e. The molecule has 2 aliphatic carbocycles. The van der Waals surface area contributed by atoms with Gasteiger partial charge in [0.1, 0.15) is 22.3 Å². The number of methoxy groups -OCH3 is 6. The average molecular weight is 1600 g/mol. The summed E-state index contributed by atoms with van der Waals surface area (Å²) >= 11 is 0. The predicted octanol–water partition coefficient (Wildman–Crippen LogP) is 8.27. The van der Waals surface area contributed by atoms with Gasteiger partial charge in [-0.15, -0.1) is 0 Å². The molecular weight excluding hydrogens is 1490 g/mol. The van der Waals surface area contributed by atoms with Gasteiger partial charge in [-0.05, 0) is 136 Å². The number of rotatable bonds is 15. The van der Waals surface area contributed by atoms with E-state index in [1.54, 1.807) is 13.2 Å². The molecule has 19 atom stereocenters. The monoisotopic (exact) mass is 1600 g/mol. The van der Waals surface area contributed by atoms with Gasteiger partial charge in [0.25, 0.3) is 0 Å². The maximum atomic E-state index is 15.3. The summed E-state index contributed by atoms with van der Waals surface area (Å²) in [5.41, 5.74) is -2.10. The third-order valence-electron chi connectivity index (χ3n) is 30.3. The lowest BCUT2D eigenvalue weighted by atomic mass is 9.47. The molecule has 4 aromatic carbocycles. The van der Waals surface area contributed by atoms with Crippen LogP contribution >= 0.6 is 0 Å². The van der Waals surface area contributed by atoms with Crippen molar-refractivity contribution in [2.24, 2.45) is 22.7 Å². The first-order valence-electron chi connectivity index (χ1n) is 41.6. The molecule has 4 bridgehead atoms. The molecule has 2 spiro atoms. The number of fused-ring (bicyclic) bond motifs is 12. The summed E-state index contributed by atoms with van der Waals surface area (Å²) in [6.07, 6.45) is 13.5. The Balaban J connectivity index is 0.000000168. The normalized spacial score (nSPS) is 35.7. The number of H-pyrrole nitrogens is 2. The summed E-state index contributed by atoms with van der Waals surface area (Å²) in [4.78, 5) is 119. The number of amides is 1. The van der Waals surface area contributed by atoms with E-state index >= 15 is 9.59 Å². The maximum absolute atomic E-state index is 15.3. The van der Waals surface area contributed by atoms with Gasteiger partial charge in [0.2, 0.25) is 17.6 Å². The first-order valence-corrected chi connectivity index (χ1v) is 41.6. The molecule has 2 aromatic heterocycles. The van der Waals surface area contributed by atoms with Crippen molar-refractivity contribution >= 4 is 75.4 Å². The Kier molecular flexibility index (Phi) is 19.6. The lowest BCUT2D eigenvalue weighted by molar-refractivity contribution is -0.229. The highest BCUT2D eigenvalue weighted by Crippen LogP contribution is 2.71. The van der Waals surface area contributed by atoms with Gasteiger partial charge in [-0.25, -0.2) is 9.59 Å². The molecule has 117 heavy (non-hydrogen) atoms. The number of nitrogens with one attached hydrogen (secondary N) is 2. The van der Waals surface area contributed by atoms with Gasteiger partial charge < -0.3 is 73.0 Å². The highest BCUT2D eigenvalue weighted by Gasteiger charge is 2.83. The van der Waals surface area contributed by atoms with E-state index in [1.165, 1.54) is 59.9 Å². The number of likely N-dealkylation sites (N-methyl/N-ethyl adjacent to an activating group) is 1. The zero-order valence-electron chi connectivity index (χ0n) is 69.3. The van der Waals surface area contributed by atoms with Crippen molar-refractivity contribution in [3.63, 3.8) is 0 Å². The number of benzene rings is 4. The van der Waals surface area contributed by atoms with Crippen LogP contribution in [0, 0.1) is 22.7 Å². The Hall–Kier alpha value is -9.41. The molecule has 1 amide bonds. The Morgan fingerprint density at radius 3 is 1.57 bits per heavy atom. The van der Waals surface area contributed by atoms with E-state index < -0.39 is 109 Å². The van der Waals surface area contributed by atoms with Gasteiger partial charge in [0.05, 0.1) is 66.0 Å². The summed E-state index contributed by atoms with van der Waals surface area (Å²) in [5.74, 6) is -3.38. The van der Waals surface area contributed by atoms with Gasteiger partial charge in [-0.2, -0.15) is 0 Å². The number of piperidine rings is 1. The van der Waals surface area contributed by atoms with Gasteiger partial charge in [0.15, 0.2) is 12.2 Å². The molecule has 0 unspecified atom stereocenters. The molecule has 26 heteroatoms. The van der Waals surface area contributed by atoms with Crippen LogP contribution < -0.4 is 19.3 Å². The predicted molar refractivity (Wildman–Crippen MR) is 435 cm³/mol. The van der Waals surface area contributed by atoms with Crippen LogP contribution in [0.2, 0.25) is 0 Å². The topological polar surface area (TPSA) is 305 Å². The van der Waals surface area contributed by atoms with Gasteiger partial charge in [0, 0.05) is 169 Å². The van der Waals surface area contributed by atoms with E-state index in [2.05, 4.69) is 79.0 Å². The third-order valence-corrected chi connectivity index (χ3v) is 30.3. The van der Waals surface area contributed by atoms with Crippen LogP contribution in [-0.2, 0) is 96.6 Å². The smallest absolute Gasteiger partial charge is 0.344 e. The Morgan fingerprint density at radius 1 is 0.556 bits per heavy atom. The molecular formula is C91H110N8O18. The van der Waals surface area contributed by atoms with Crippen molar-refractivity contribution in [3.8, 4) is 11.5 Å². The number of carbonyl (C=O) groups is 7. The van der Waals surface area contributed by atoms with Crippen molar-refractivity contribution in [2.75, 3.05) is 118 Å². The summed E-state index contributed by atoms with van der Waals surface area (Å²) < 4.78 is 47.6. The van der Waals surface area contributed by atoms with Gasteiger partial charge in [-0.1, -0.05) is 100 Å². The summed E-state index contributed by atoms with van der Waals surface area (Å²) in [5, 5.41) is 40.6. The number of hydrogen-bond donors (Lipinski definition) is 5. The van der Waals surface area contributed by atoms with Crippen molar-refractivity contribution in [3.05, 3.63) is 154 Å². The van der Waals surface area contributed by atoms with E-state index in [4.69, 9.17) is 37.9 Å². The van der Waals surface area contributed by atoms with Crippen LogP contribution in [0.5, 0.6) is 11.5 Å². The number of ether oxygens (including phenoxy) is 8. The minimum atomic E-state index is -2.53. The SMILES string of the molecule is CCC1=C[C@@H]2C[N@](C1)Cc1c([nH]c3ccccc13)[C@@](C(=O)OC)(c1cc3c(cc1OC)N(C)[C@H]1[C@@](O)(C(=O)OC)[C@H](OC(C)=O)[C@]4(CC)C=CCN5CC[C@]31[C@@H]54)C2.CC[C@]1(O)C[C@H]2C[N@](CCc3c([nH]c4ccccc34)[C@@](C(=O)OC)(c3cc4c(cc3OC)N(C=O)[C@H]3[C@@](O)(C(=O)OC)[C@H](OC(C)=O)[C@]5(CC)C=CCN6CC[C@]43[C@@H]65)C2)C1. The number of nitrogens with zero attached hydrogens (tertiary/aromatic N) is 6. The fourth-order valence-electron chi connectivity index (χ4n) is 26.2. The average Bonchev–Trinajstić information content (AvgIpc) is 1.49. The second-order valence-electron chi connectivity index (χ2n) is 35.3. The Morgan fingerprint density at radius 2 is 1.06 bits per heavy atom. The zero-order chi connectivity index (χ0) is 82.8. The zero-order valence-corrected chi connectivity index (χ0v) is 69.3. The van der Waals surface area contributed by atoms with Crippen LogP contribution in [0.15, 0.2) is 109 Å². The van der Waals surface area contributed by atoms with Crippen molar-refractivity contribution < 1.29 is 86.8 Å². The minimum Gasteiger partial charge on any atom is -0.496 e. The van der Waals surface area contributed by atoms with E-state index in [0.717, 1.165) is 69.4 Å². The number of carbonyl (C=O) groups excluding carboxylic acids is 7.